The Morgan fingerprint density at radius 2 is 1.75 bits per heavy atom. The fourth-order valence-corrected chi connectivity index (χ4v) is 6.21. The van der Waals surface area contributed by atoms with Gasteiger partial charge in [-0.1, -0.05) is 62.1 Å². The van der Waals surface area contributed by atoms with Gasteiger partial charge in [-0.2, -0.15) is 0 Å². The highest BCUT2D eigenvalue weighted by atomic mass is 16.3. The minimum Gasteiger partial charge on any atom is -0.375 e. The van der Waals surface area contributed by atoms with Crippen molar-refractivity contribution in [1.82, 2.24) is 15.2 Å². The average molecular weight is 434 g/mol. The monoisotopic (exact) mass is 433 g/mol. The number of carbonyl (C=O) groups excluding carboxylic acids is 1. The molecular formula is C27H35N3O2. The van der Waals surface area contributed by atoms with Gasteiger partial charge < -0.3 is 10.4 Å². The van der Waals surface area contributed by atoms with E-state index in [9.17, 15) is 9.90 Å². The Morgan fingerprint density at radius 3 is 2.41 bits per heavy atom. The van der Waals surface area contributed by atoms with Crippen molar-refractivity contribution < 1.29 is 9.90 Å². The Kier molecular flexibility index (Phi) is 6.29. The lowest BCUT2D eigenvalue weighted by Gasteiger charge is -2.35. The highest BCUT2D eigenvalue weighted by molar-refractivity contribution is 5.86. The molecule has 32 heavy (non-hydrogen) atoms. The fourth-order valence-electron chi connectivity index (χ4n) is 6.21. The second kappa shape index (κ2) is 9.32. The lowest BCUT2D eigenvalue weighted by Crippen LogP contribution is -2.50. The molecule has 0 radical (unpaired) electrons. The van der Waals surface area contributed by atoms with E-state index in [1.54, 1.807) is 0 Å². The molecule has 2 heterocycles. The van der Waals surface area contributed by atoms with Crippen LogP contribution < -0.4 is 5.32 Å². The first-order valence-corrected chi connectivity index (χ1v) is 12.3. The van der Waals surface area contributed by atoms with Crippen molar-refractivity contribution in [2.24, 2.45) is 23.7 Å². The van der Waals surface area contributed by atoms with E-state index in [0.717, 1.165) is 50.9 Å². The SMILES string of the molecule is O=C(NCC1C2CN(Cc3cccnc3)CC12)C(O)(c1ccccc1)C1CCCCCC1. The van der Waals surface area contributed by atoms with Crippen LogP contribution in [-0.4, -0.2) is 40.5 Å². The number of nitrogens with zero attached hydrogens (tertiary/aromatic N) is 2. The Labute approximate surface area is 191 Å². The first-order chi connectivity index (χ1) is 15.7. The van der Waals surface area contributed by atoms with E-state index in [1.807, 2.05) is 48.8 Å². The number of aromatic nitrogens is 1. The van der Waals surface area contributed by atoms with Gasteiger partial charge >= 0.3 is 0 Å². The van der Waals surface area contributed by atoms with E-state index in [2.05, 4.69) is 21.3 Å². The van der Waals surface area contributed by atoms with Crippen LogP contribution in [0.5, 0.6) is 0 Å². The van der Waals surface area contributed by atoms with Crippen molar-refractivity contribution in [2.45, 2.75) is 50.7 Å². The number of likely N-dealkylation sites (tertiary alicyclic amines) is 1. The third-order valence-corrected chi connectivity index (χ3v) is 8.08. The van der Waals surface area contributed by atoms with Crippen molar-refractivity contribution in [1.29, 1.82) is 0 Å². The molecule has 1 saturated heterocycles. The highest BCUT2D eigenvalue weighted by Crippen LogP contribution is 2.51. The maximum atomic E-state index is 13.5. The van der Waals surface area contributed by atoms with E-state index in [4.69, 9.17) is 0 Å². The fraction of sp³-hybridized carbons (Fsp3) is 0.556. The van der Waals surface area contributed by atoms with Crippen LogP contribution in [0, 0.1) is 23.7 Å². The number of amides is 1. The van der Waals surface area contributed by atoms with Gasteiger partial charge in [-0.3, -0.25) is 14.7 Å². The maximum absolute atomic E-state index is 13.5. The minimum absolute atomic E-state index is 0.0129. The summed E-state index contributed by atoms with van der Waals surface area (Å²) in [6.07, 6.45) is 10.2. The Balaban J connectivity index is 1.19. The molecule has 1 amide bonds. The maximum Gasteiger partial charge on any atom is 0.256 e. The first-order valence-electron chi connectivity index (χ1n) is 12.3. The predicted molar refractivity (Wildman–Crippen MR) is 125 cm³/mol. The Hall–Kier alpha value is -2.24. The number of hydrogen-bond donors (Lipinski definition) is 2. The normalized spacial score (nSPS) is 27.8. The zero-order chi connectivity index (χ0) is 22.0. The van der Waals surface area contributed by atoms with Crippen LogP contribution in [0.1, 0.15) is 49.7 Å². The molecule has 1 aliphatic heterocycles. The second-order valence-electron chi connectivity index (χ2n) is 10.1. The van der Waals surface area contributed by atoms with Crippen LogP contribution >= 0.6 is 0 Å². The summed E-state index contributed by atoms with van der Waals surface area (Å²) in [5.41, 5.74) is 0.570. The lowest BCUT2D eigenvalue weighted by atomic mass is 9.76. The number of hydrogen-bond acceptors (Lipinski definition) is 4. The predicted octanol–water partition coefficient (Wildman–Crippen LogP) is 3.73. The number of nitrogens with one attached hydrogen (secondary N) is 1. The van der Waals surface area contributed by atoms with E-state index in [1.165, 1.54) is 18.4 Å². The number of aliphatic hydroxyl groups is 1. The molecule has 1 aromatic carbocycles. The molecular weight excluding hydrogens is 398 g/mol. The van der Waals surface area contributed by atoms with Crippen LogP contribution in [0.25, 0.3) is 0 Å². The van der Waals surface area contributed by atoms with Gasteiger partial charge in [-0.05, 0) is 47.8 Å². The van der Waals surface area contributed by atoms with Crippen LogP contribution in [0.4, 0.5) is 0 Å². The number of benzene rings is 1. The summed E-state index contributed by atoms with van der Waals surface area (Å²) in [6, 6.07) is 13.7. The molecule has 1 aromatic heterocycles. The van der Waals surface area contributed by atoms with Crippen LogP contribution in [0.3, 0.4) is 0 Å². The Morgan fingerprint density at radius 1 is 1.03 bits per heavy atom. The van der Waals surface area contributed by atoms with Crippen molar-refractivity contribution in [3.63, 3.8) is 0 Å². The minimum atomic E-state index is -1.43. The zero-order valence-electron chi connectivity index (χ0n) is 18.8. The second-order valence-corrected chi connectivity index (χ2v) is 10.1. The zero-order valence-corrected chi connectivity index (χ0v) is 18.8. The average Bonchev–Trinajstić information content (AvgIpc) is 3.43. The molecule has 0 spiro atoms. The number of rotatable bonds is 7. The van der Waals surface area contributed by atoms with E-state index >= 15 is 0 Å². The number of piperidine rings is 1. The number of pyridine rings is 1. The van der Waals surface area contributed by atoms with E-state index < -0.39 is 5.60 Å². The lowest BCUT2D eigenvalue weighted by molar-refractivity contribution is -0.148. The smallest absolute Gasteiger partial charge is 0.256 e. The van der Waals surface area contributed by atoms with Gasteiger partial charge in [0.2, 0.25) is 0 Å². The topological polar surface area (TPSA) is 65.5 Å². The van der Waals surface area contributed by atoms with Crippen LogP contribution in [0.2, 0.25) is 0 Å². The van der Waals surface area contributed by atoms with Gasteiger partial charge in [0.05, 0.1) is 0 Å². The van der Waals surface area contributed by atoms with Gasteiger partial charge in [-0.25, -0.2) is 0 Å². The molecule has 3 fully saturated rings. The molecule has 3 atom stereocenters. The summed E-state index contributed by atoms with van der Waals surface area (Å²) >= 11 is 0. The van der Waals surface area contributed by atoms with Crippen molar-refractivity contribution in [2.75, 3.05) is 19.6 Å². The molecule has 2 N–H and O–H groups in total. The van der Waals surface area contributed by atoms with Gasteiger partial charge in [0.25, 0.3) is 5.91 Å². The summed E-state index contributed by atoms with van der Waals surface area (Å²) in [7, 11) is 0. The van der Waals surface area contributed by atoms with Crippen molar-refractivity contribution in [3.8, 4) is 0 Å². The van der Waals surface area contributed by atoms with Gasteiger partial charge in [0, 0.05) is 44.5 Å². The quantitative estimate of drug-likeness (QED) is 0.653. The summed E-state index contributed by atoms with van der Waals surface area (Å²) in [4.78, 5) is 20.2. The van der Waals surface area contributed by atoms with E-state index in [-0.39, 0.29) is 11.8 Å². The first kappa shape index (κ1) is 21.6. The summed E-state index contributed by atoms with van der Waals surface area (Å²) in [5, 5.41) is 15.0. The third-order valence-electron chi connectivity index (χ3n) is 8.08. The summed E-state index contributed by atoms with van der Waals surface area (Å²) in [6.45, 7) is 3.81. The van der Waals surface area contributed by atoms with Crippen molar-refractivity contribution in [3.05, 3.63) is 66.0 Å². The molecule has 5 nitrogen and oxygen atoms in total. The number of carbonyl (C=O) groups is 1. The Bertz CT molecular complexity index is 886. The largest absolute Gasteiger partial charge is 0.375 e. The molecule has 3 unspecified atom stereocenters. The van der Waals surface area contributed by atoms with Crippen LogP contribution in [-0.2, 0) is 16.9 Å². The molecule has 5 heteroatoms. The van der Waals surface area contributed by atoms with E-state index in [0.29, 0.717) is 24.3 Å². The molecule has 2 aliphatic carbocycles. The molecule has 2 aromatic rings. The van der Waals surface area contributed by atoms with Gasteiger partial charge in [-0.15, -0.1) is 0 Å². The third kappa shape index (κ3) is 4.33. The molecule has 0 bridgehead atoms. The standard InChI is InChI=1S/C27H35N3O2/c31-26(27(32,22-12-6-3-7-13-22)21-10-4-1-2-5-11-21)29-16-23-24-18-30(19-25(23)24)17-20-9-8-14-28-15-20/h3,6-9,12-15,21,23-25,32H,1-2,4-5,10-11,16-19H2,(H,29,31). The molecule has 170 valence electrons. The van der Waals surface area contributed by atoms with Gasteiger partial charge in [0.15, 0.2) is 5.60 Å². The summed E-state index contributed by atoms with van der Waals surface area (Å²) in [5.74, 6) is 1.65. The molecule has 3 aliphatic rings. The molecule has 5 rings (SSSR count). The van der Waals surface area contributed by atoms with Crippen molar-refractivity contribution >= 4 is 5.91 Å². The molecule has 2 saturated carbocycles. The van der Waals surface area contributed by atoms with Crippen LogP contribution in [0.15, 0.2) is 54.9 Å². The number of fused-ring (bicyclic) bond motifs is 1. The van der Waals surface area contributed by atoms with Gasteiger partial charge in [0.1, 0.15) is 0 Å². The summed E-state index contributed by atoms with van der Waals surface area (Å²) < 4.78 is 0. The highest BCUT2D eigenvalue weighted by Gasteiger charge is 2.55.